The Labute approximate surface area is 252 Å². The molecule has 4 aliphatic rings. The Bertz CT molecular complexity index is 1550. The van der Waals surface area contributed by atoms with Gasteiger partial charge in [-0.25, -0.2) is 9.29 Å². The number of para-hydroxylation sites is 1. The predicted molar refractivity (Wildman–Crippen MR) is 153 cm³/mol. The summed E-state index contributed by atoms with van der Waals surface area (Å²) in [6, 6.07) is 9.60. The molecule has 0 aromatic heterocycles. The van der Waals surface area contributed by atoms with Gasteiger partial charge in [0.15, 0.2) is 21.2 Å². The Morgan fingerprint density at radius 1 is 1.00 bits per heavy atom. The van der Waals surface area contributed by atoms with Crippen molar-refractivity contribution >= 4 is 52.5 Å². The molecule has 6 atom stereocenters. The van der Waals surface area contributed by atoms with Crippen LogP contribution in [-0.2, 0) is 19.2 Å². The maximum Gasteiger partial charge on any atom is 0.258 e. The van der Waals surface area contributed by atoms with Gasteiger partial charge in [-0.3, -0.25) is 24.1 Å². The van der Waals surface area contributed by atoms with Gasteiger partial charge in [-0.1, -0.05) is 30.7 Å². The molecule has 2 heterocycles. The van der Waals surface area contributed by atoms with E-state index >= 15 is 0 Å². The predicted octanol–water partition coefficient (Wildman–Crippen LogP) is 4.90. The summed E-state index contributed by atoms with van der Waals surface area (Å²) in [6.07, 6.45) is 2.44. The summed E-state index contributed by atoms with van der Waals surface area (Å²) in [5.41, 5.74) is 0.857. The summed E-state index contributed by atoms with van der Waals surface area (Å²) in [5.74, 6) is -6.23. The summed E-state index contributed by atoms with van der Waals surface area (Å²) in [7, 11) is 0. The van der Waals surface area contributed by atoms with Crippen LogP contribution in [0.3, 0.4) is 0 Å². The number of aromatic hydroxyl groups is 1. The fourth-order valence-corrected chi connectivity index (χ4v) is 8.22. The summed E-state index contributed by atoms with van der Waals surface area (Å²) in [6.45, 7) is 4.15. The largest absolute Gasteiger partial charge is 0.504 e. The monoisotopic (exact) mass is 614 g/mol. The quantitative estimate of drug-likeness (QED) is 0.282. The van der Waals surface area contributed by atoms with E-state index in [2.05, 4.69) is 0 Å². The summed E-state index contributed by atoms with van der Waals surface area (Å²) in [5, 5.41) is 11.4. The third-order valence-corrected chi connectivity index (χ3v) is 10.5. The highest BCUT2D eigenvalue weighted by atomic mass is 35.5. The Morgan fingerprint density at radius 3 is 2.38 bits per heavy atom. The number of hydrogen-bond donors (Lipinski definition) is 1. The average molecular weight is 615 g/mol. The van der Waals surface area contributed by atoms with Crippen LogP contribution in [0.5, 0.6) is 11.5 Å². The molecule has 3 fully saturated rings. The molecule has 4 amide bonds. The van der Waals surface area contributed by atoms with Crippen LogP contribution < -0.4 is 9.64 Å². The third kappa shape index (κ3) is 3.72. The summed E-state index contributed by atoms with van der Waals surface area (Å²) < 4.78 is 19.4. The average Bonchev–Trinajstić information content (AvgIpc) is 3.29. The highest BCUT2D eigenvalue weighted by Crippen LogP contribution is 2.66. The van der Waals surface area contributed by atoms with Crippen molar-refractivity contribution in [1.29, 1.82) is 0 Å². The molecule has 0 radical (unpaired) electrons. The minimum atomic E-state index is -2.13. The molecule has 220 valence electrons. The molecule has 2 aliphatic heterocycles. The normalized spacial score (nSPS) is 32.1. The Balaban J connectivity index is 1.57. The summed E-state index contributed by atoms with van der Waals surface area (Å²) >= 11 is 14.6. The minimum absolute atomic E-state index is 0.0861. The highest BCUT2D eigenvalue weighted by Gasteiger charge is 2.76. The van der Waals surface area contributed by atoms with Crippen LogP contribution in [0.15, 0.2) is 54.1 Å². The van der Waals surface area contributed by atoms with Gasteiger partial charge in [-0.15, -0.1) is 23.2 Å². The number of likely N-dealkylation sites (tertiary alicyclic amines) is 1. The Morgan fingerprint density at radius 2 is 1.71 bits per heavy atom. The van der Waals surface area contributed by atoms with E-state index in [9.17, 15) is 28.7 Å². The third-order valence-electron chi connectivity index (χ3n) is 9.08. The maximum absolute atomic E-state index is 14.3. The fraction of sp³-hybridized carbons (Fsp3) is 0.419. The first-order chi connectivity index (χ1) is 20.0. The van der Waals surface area contributed by atoms with Crippen LogP contribution >= 0.6 is 23.2 Å². The zero-order valence-electron chi connectivity index (χ0n) is 23.0. The number of nitrogens with zero attached hydrogens (tertiary/aromatic N) is 2. The zero-order chi connectivity index (χ0) is 30.1. The lowest BCUT2D eigenvalue weighted by Gasteiger charge is -2.50. The molecule has 2 aromatic rings. The van der Waals surface area contributed by atoms with Crippen molar-refractivity contribution in [3.8, 4) is 11.5 Å². The second-order valence-electron chi connectivity index (χ2n) is 11.2. The number of rotatable bonds is 6. The number of benzene rings is 2. The van der Waals surface area contributed by atoms with Gasteiger partial charge in [0, 0.05) is 18.0 Å². The van der Waals surface area contributed by atoms with Gasteiger partial charge < -0.3 is 9.84 Å². The Kier molecular flexibility index (Phi) is 6.89. The molecule has 6 rings (SSSR count). The number of fused-ring (bicyclic) bond motifs is 4. The van der Waals surface area contributed by atoms with Crippen molar-refractivity contribution in [2.75, 3.05) is 18.1 Å². The number of alkyl halides is 2. The number of halogens is 3. The molecule has 0 spiro atoms. The van der Waals surface area contributed by atoms with E-state index in [-0.39, 0.29) is 60.6 Å². The number of imide groups is 2. The number of carbonyl (C=O) groups is 4. The second kappa shape index (κ2) is 10.1. The van der Waals surface area contributed by atoms with Crippen molar-refractivity contribution in [3.05, 3.63) is 65.5 Å². The number of carbonyl (C=O) groups excluding carboxylic acids is 4. The second-order valence-corrected chi connectivity index (χ2v) is 12.4. The molecular formula is C31H29Cl2FN2O6. The van der Waals surface area contributed by atoms with Crippen LogP contribution in [0, 0.1) is 23.6 Å². The van der Waals surface area contributed by atoms with E-state index in [4.69, 9.17) is 27.9 Å². The molecule has 8 nitrogen and oxygen atoms in total. The first-order valence-corrected chi connectivity index (χ1v) is 14.8. The molecule has 42 heavy (non-hydrogen) atoms. The lowest BCUT2D eigenvalue weighted by Crippen LogP contribution is -2.60. The van der Waals surface area contributed by atoms with Crippen LogP contribution in [0.25, 0.3) is 0 Å². The van der Waals surface area contributed by atoms with E-state index in [0.717, 1.165) is 17.0 Å². The molecule has 1 N–H and O–H groups in total. The van der Waals surface area contributed by atoms with Gasteiger partial charge in [-0.2, -0.15) is 0 Å². The lowest BCUT2D eigenvalue weighted by atomic mass is 9.56. The molecule has 2 aromatic carbocycles. The SMILES string of the molecule is CCCN1C(=O)C2CC=C3C(CC4(Cl)C(=O)N(c5ccc(F)cc5)C(=O)C4(Cl)C3c3cccc(OCC)c3O)C2C1=O. The van der Waals surface area contributed by atoms with E-state index in [1.165, 1.54) is 17.0 Å². The smallest absolute Gasteiger partial charge is 0.258 e. The molecule has 1 saturated carbocycles. The first-order valence-electron chi connectivity index (χ1n) is 14.0. The van der Waals surface area contributed by atoms with E-state index in [1.807, 2.05) is 13.0 Å². The van der Waals surface area contributed by atoms with Gasteiger partial charge in [0.05, 0.1) is 24.1 Å². The fourth-order valence-electron chi connectivity index (χ4n) is 7.30. The van der Waals surface area contributed by atoms with E-state index in [1.54, 1.807) is 25.1 Å². The van der Waals surface area contributed by atoms with Crippen LogP contribution in [0.4, 0.5) is 10.1 Å². The number of phenolic OH excluding ortho intramolecular Hbond substituents is 1. The number of ether oxygens (including phenoxy) is 1. The Hall–Kier alpha value is -3.43. The molecule has 2 aliphatic carbocycles. The van der Waals surface area contributed by atoms with Crippen molar-refractivity contribution in [3.63, 3.8) is 0 Å². The minimum Gasteiger partial charge on any atom is -0.504 e. The highest BCUT2D eigenvalue weighted by molar-refractivity contribution is 6.58. The number of anilines is 1. The summed E-state index contributed by atoms with van der Waals surface area (Å²) in [4.78, 5) is 53.5. The number of allylic oxidation sites excluding steroid dienone is 2. The van der Waals surface area contributed by atoms with Crippen molar-refractivity contribution < 1.29 is 33.4 Å². The van der Waals surface area contributed by atoms with Crippen molar-refractivity contribution in [1.82, 2.24) is 4.90 Å². The lowest BCUT2D eigenvalue weighted by molar-refractivity contribution is -0.140. The van der Waals surface area contributed by atoms with Gasteiger partial charge in [0.2, 0.25) is 11.8 Å². The van der Waals surface area contributed by atoms with Crippen molar-refractivity contribution in [2.24, 2.45) is 17.8 Å². The number of hydrogen-bond acceptors (Lipinski definition) is 6. The maximum atomic E-state index is 14.3. The van der Waals surface area contributed by atoms with Crippen molar-refractivity contribution in [2.45, 2.75) is 48.8 Å². The van der Waals surface area contributed by atoms with Gasteiger partial charge >= 0.3 is 0 Å². The molecule has 2 saturated heterocycles. The first kappa shape index (κ1) is 28.7. The van der Waals surface area contributed by atoms with Gasteiger partial charge in [0.25, 0.3) is 11.8 Å². The topological polar surface area (TPSA) is 104 Å². The van der Waals surface area contributed by atoms with Gasteiger partial charge in [0.1, 0.15) is 5.82 Å². The van der Waals surface area contributed by atoms with Crippen LogP contribution in [0.1, 0.15) is 44.6 Å². The standard InChI is InChI=1S/C31H29Cl2FN2O6/c1-3-14-35-26(38)19-13-12-18-21(23(19)27(35)39)15-30(32)28(40)36(17-10-8-16(34)9-11-17)29(41)31(30,33)24(18)20-6-5-7-22(25(20)37)42-4-2/h5-12,19,21,23-24,37H,3-4,13-15H2,1-2H3. The molecular weight excluding hydrogens is 586 g/mol. The number of phenols is 1. The van der Waals surface area contributed by atoms with Crippen LogP contribution in [0.2, 0.25) is 0 Å². The van der Waals surface area contributed by atoms with E-state index in [0.29, 0.717) is 12.0 Å². The van der Waals surface area contributed by atoms with Gasteiger partial charge in [-0.05, 0) is 62.4 Å². The number of amides is 4. The van der Waals surface area contributed by atoms with E-state index < -0.39 is 51.1 Å². The van der Waals surface area contributed by atoms with Crippen LogP contribution in [-0.4, -0.2) is 56.5 Å². The molecule has 11 heteroatoms. The zero-order valence-corrected chi connectivity index (χ0v) is 24.5. The molecule has 0 bridgehead atoms. The molecule has 6 unspecified atom stereocenters.